The van der Waals surface area contributed by atoms with E-state index < -0.39 is 0 Å². The highest BCUT2D eigenvalue weighted by Gasteiger charge is 2.15. The highest BCUT2D eigenvalue weighted by molar-refractivity contribution is 5.91. The van der Waals surface area contributed by atoms with Crippen LogP contribution in [0.4, 0.5) is 0 Å². The Hall–Kier alpha value is -1.65. The minimum absolute atomic E-state index is 0.125. The standard InChI is InChI=1S/C11H17N3O2/c1-3-5-14(6-4-2)11(16)9-7-13-10(15)8-12-9/h7-8H,3-6H2,1-2H3,(H,13,15). The highest BCUT2D eigenvalue weighted by atomic mass is 16.2. The topological polar surface area (TPSA) is 66.1 Å². The monoisotopic (exact) mass is 223 g/mol. The van der Waals surface area contributed by atoms with Crippen LogP contribution in [0.15, 0.2) is 17.2 Å². The maximum atomic E-state index is 12.0. The van der Waals surface area contributed by atoms with Crippen LogP contribution >= 0.6 is 0 Å². The lowest BCUT2D eigenvalue weighted by Gasteiger charge is -2.20. The largest absolute Gasteiger partial charge is 0.337 e. The van der Waals surface area contributed by atoms with Crippen LogP contribution in [-0.2, 0) is 0 Å². The van der Waals surface area contributed by atoms with E-state index in [1.54, 1.807) is 4.90 Å². The van der Waals surface area contributed by atoms with Crippen LogP contribution in [0, 0.1) is 0 Å². The van der Waals surface area contributed by atoms with Gasteiger partial charge >= 0.3 is 0 Å². The van der Waals surface area contributed by atoms with Gasteiger partial charge in [-0.15, -0.1) is 0 Å². The number of carbonyl (C=O) groups excluding carboxylic acids is 1. The molecule has 1 amide bonds. The van der Waals surface area contributed by atoms with Gasteiger partial charge in [-0.25, -0.2) is 4.98 Å². The van der Waals surface area contributed by atoms with Crippen molar-refractivity contribution in [2.45, 2.75) is 26.7 Å². The number of rotatable bonds is 5. The van der Waals surface area contributed by atoms with Crippen molar-refractivity contribution < 1.29 is 4.79 Å². The van der Waals surface area contributed by atoms with E-state index >= 15 is 0 Å². The van der Waals surface area contributed by atoms with Crippen molar-refractivity contribution in [1.82, 2.24) is 14.9 Å². The zero-order chi connectivity index (χ0) is 12.0. The minimum atomic E-state index is -0.297. The first-order valence-corrected chi connectivity index (χ1v) is 5.53. The Morgan fingerprint density at radius 3 is 2.44 bits per heavy atom. The molecule has 16 heavy (non-hydrogen) atoms. The van der Waals surface area contributed by atoms with Gasteiger partial charge in [-0.05, 0) is 12.8 Å². The zero-order valence-electron chi connectivity index (χ0n) is 9.69. The fourth-order valence-electron chi connectivity index (χ4n) is 1.48. The zero-order valence-corrected chi connectivity index (χ0v) is 9.69. The van der Waals surface area contributed by atoms with E-state index in [9.17, 15) is 9.59 Å². The Bertz CT molecular complexity index is 374. The molecular formula is C11H17N3O2. The van der Waals surface area contributed by atoms with Crippen molar-refractivity contribution in [1.29, 1.82) is 0 Å². The third-order valence-electron chi connectivity index (χ3n) is 2.17. The molecule has 0 saturated heterocycles. The first-order chi connectivity index (χ1) is 7.69. The third-order valence-corrected chi connectivity index (χ3v) is 2.17. The molecule has 5 heteroatoms. The lowest BCUT2D eigenvalue weighted by Crippen LogP contribution is -2.33. The summed E-state index contributed by atoms with van der Waals surface area (Å²) >= 11 is 0. The summed E-state index contributed by atoms with van der Waals surface area (Å²) < 4.78 is 0. The Morgan fingerprint density at radius 2 is 2.00 bits per heavy atom. The molecule has 5 nitrogen and oxygen atoms in total. The highest BCUT2D eigenvalue weighted by Crippen LogP contribution is 2.01. The Morgan fingerprint density at radius 1 is 1.38 bits per heavy atom. The van der Waals surface area contributed by atoms with E-state index in [1.807, 2.05) is 13.8 Å². The molecule has 0 atom stereocenters. The van der Waals surface area contributed by atoms with E-state index in [4.69, 9.17) is 0 Å². The molecule has 88 valence electrons. The molecule has 0 unspecified atom stereocenters. The maximum absolute atomic E-state index is 12.0. The van der Waals surface area contributed by atoms with Crippen molar-refractivity contribution in [3.05, 3.63) is 28.4 Å². The number of aromatic nitrogens is 2. The van der Waals surface area contributed by atoms with Gasteiger partial charge in [0.1, 0.15) is 5.69 Å². The van der Waals surface area contributed by atoms with E-state index in [-0.39, 0.29) is 11.5 Å². The minimum Gasteiger partial charge on any atom is -0.337 e. The van der Waals surface area contributed by atoms with Gasteiger partial charge in [0.25, 0.3) is 11.5 Å². The molecule has 0 spiro atoms. The fourth-order valence-corrected chi connectivity index (χ4v) is 1.48. The molecule has 0 bridgehead atoms. The predicted octanol–water partition coefficient (Wildman–Crippen LogP) is 1.03. The fraction of sp³-hybridized carbons (Fsp3) is 0.545. The number of aromatic amines is 1. The van der Waals surface area contributed by atoms with Crippen LogP contribution in [0.5, 0.6) is 0 Å². The predicted molar refractivity (Wildman–Crippen MR) is 61.3 cm³/mol. The quantitative estimate of drug-likeness (QED) is 0.810. The maximum Gasteiger partial charge on any atom is 0.273 e. The molecule has 1 aromatic rings. The Balaban J connectivity index is 2.81. The molecule has 0 fully saturated rings. The van der Waals surface area contributed by atoms with Gasteiger partial charge in [0.15, 0.2) is 0 Å². The molecule has 1 N–H and O–H groups in total. The number of nitrogens with zero attached hydrogens (tertiary/aromatic N) is 2. The van der Waals surface area contributed by atoms with Crippen molar-refractivity contribution in [3.63, 3.8) is 0 Å². The molecule has 0 aliphatic heterocycles. The first-order valence-electron chi connectivity index (χ1n) is 5.53. The average Bonchev–Trinajstić information content (AvgIpc) is 2.29. The summed E-state index contributed by atoms with van der Waals surface area (Å²) in [5.41, 5.74) is -0.00409. The lowest BCUT2D eigenvalue weighted by atomic mass is 10.3. The van der Waals surface area contributed by atoms with Gasteiger partial charge in [0.2, 0.25) is 0 Å². The number of hydrogen-bond acceptors (Lipinski definition) is 3. The second-order valence-corrected chi connectivity index (χ2v) is 3.59. The number of amides is 1. The molecule has 1 heterocycles. The van der Waals surface area contributed by atoms with Crippen molar-refractivity contribution in [3.8, 4) is 0 Å². The van der Waals surface area contributed by atoms with E-state index in [0.717, 1.165) is 19.0 Å². The van der Waals surface area contributed by atoms with Gasteiger partial charge in [0.05, 0.1) is 6.20 Å². The summed E-state index contributed by atoms with van der Waals surface area (Å²) in [7, 11) is 0. The van der Waals surface area contributed by atoms with Gasteiger partial charge in [-0.3, -0.25) is 9.59 Å². The summed E-state index contributed by atoms with van der Waals surface area (Å²) in [6.07, 6.45) is 4.32. The molecule has 1 aromatic heterocycles. The van der Waals surface area contributed by atoms with E-state index in [0.29, 0.717) is 18.8 Å². The van der Waals surface area contributed by atoms with Crippen LogP contribution < -0.4 is 5.56 Å². The van der Waals surface area contributed by atoms with Crippen LogP contribution in [0.1, 0.15) is 37.2 Å². The van der Waals surface area contributed by atoms with Crippen molar-refractivity contribution >= 4 is 5.91 Å². The number of H-pyrrole nitrogens is 1. The molecular weight excluding hydrogens is 206 g/mol. The molecule has 0 saturated carbocycles. The van der Waals surface area contributed by atoms with Crippen LogP contribution in [0.3, 0.4) is 0 Å². The summed E-state index contributed by atoms with van der Waals surface area (Å²) in [6, 6.07) is 0. The van der Waals surface area contributed by atoms with Gasteiger partial charge in [0, 0.05) is 19.3 Å². The number of nitrogens with one attached hydrogen (secondary N) is 1. The van der Waals surface area contributed by atoms with Gasteiger partial charge < -0.3 is 9.88 Å². The lowest BCUT2D eigenvalue weighted by molar-refractivity contribution is 0.0749. The molecule has 1 rings (SSSR count). The second-order valence-electron chi connectivity index (χ2n) is 3.59. The Labute approximate surface area is 94.5 Å². The summed E-state index contributed by atoms with van der Waals surface area (Å²) in [6.45, 7) is 5.48. The van der Waals surface area contributed by atoms with Crippen molar-refractivity contribution in [2.75, 3.05) is 13.1 Å². The first kappa shape index (κ1) is 12.4. The number of carbonyl (C=O) groups is 1. The normalized spacial score (nSPS) is 10.1. The Kier molecular flexibility index (Phi) is 4.69. The van der Waals surface area contributed by atoms with Gasteiger partial charge in [-0.2, -0.15) is 0 Å². The molecule has 0 aromatic carbocycles. The van der Waals surface area contributed by atoms with Crippen LogP contribution in [0.2, 0.25) is 0 Å². The molecule has 0 radical (unpaired) electrons. The average molecular weight is 223 g/mol. The summed E-state index contributed by atoms with van der Waals surface area (Å²) in [4.78, 5) is 30.8. The van der Waals surface area contributed by atoms with Gasteiger partial charge in [-0.1, -0.05) is 13.8 Å². The smallest absolute Gasteiger partial charge is 0.273 e. The van der Waals surface area contributed by atoms with Crippen LogP contribution in [-0.4, -0.2) is 33.9 Å². The van der Waals surface area contributed by atoms with Crippen molar-refractivity contribution in [2.24, 2.45) is 0 Å². The SMILES string of the molecule is CCCN(CCC)C(=O)c1c[nH]c(=O)cn1. The molecule has 0 aliphatic carbocycles. The number of hydrogen-bond donors (Lipinski definition) is 1. The second kappa shape index (κ2) is 6.05. The van der Waals surface area contributed by atoms with E-state index in [1.165, 1.54) is 6.20 Å². The third kappa shape index (κ3) is 3.18. The summed E-state index contributed by atoms with van der Waals surface area (Å²) in [5.74, 6) is -0.125. The van der Waals surface area contributed by atoms with E-state index in [2.05, 4.69) is 9.97 Å². The molecule has 0 aliphatic rings. The summed E-state index contributed by atoms with van der Waals surface area (Å²) in [5, 5.41) is 0. The van der Waals surface area contributed by atoms with Crippen LogP contribution in [0.25, 0.3) is 0 Å².